The first kappa shape index (κ1) is 35.3. The number of esters is 1. The molecule has 254 valence electrons. The first-order valence-corrected chi connectivity index (χ1v) is 15.0. The van der Waals surface area contributed by atoms with Crippen molar-refractivity contribution in [3.63, 3.8) is 0 Å². The first-order valence-electron chi connectivity index (χ1n) is 15.0. The van der Waals surface area contributed by atoms with Crippen LogP contribution in [-0.2, 0) is 20.5 Å². The third kappa shape index (κ3) is 7.09. The number of piperidine rings is 1. The van der Waals surface area contributed by atoms with E-state index in [1.54, 1.807) is 40.1 Å². The number of carbonyl (C=O) groups excluding carboxylic acids is 5. The number of anilines is 1. The molecule has 0 saturated carbocycles. The van der Waals surface area contributed by atoms with Gasteiger partial charge in [-0.1, -0.05) is 13.8 Å². The Bertz CT molecular complexity index is 1540. The van der Waals surface area contributed by atoms with E-state index in [2.05, 4.69) is 5.32 Å². The van der Waals surface area contributed by atoms with Crippen LogP contribution in [0.5, 0.6) is 0 Å². The summed E-state index contributed by atoms with van der Waals surface area (Å²) in [4.78, 5) is 72.1. The fourth-order valence-electron chi connectivity index (χ4n) is 5.80. The van der Waals surface area contributed by atoms with E-state index in [0.29, 0.717) is 30.4 Å². The second-order valence-corrected chi connectivity index (χ2v) is 12.2. The normalized spacial score (nSPS) is 17.1. The number of likely N-dealkylation sites (N-methyl/N-ethyl adjacent to an activating group) is 1. The molecule has 1 spiro atoms. The molecule has 2 aliphatic rings. The van der Waals surface area contributed by atoms with Crippen molar-refractivity contribution < 1.29 is 46.3 Å². The summed E-state index contributed by atoms with van der Waals surface area (Å²) in [6.45, 7) is 3.80. The van der Waals surface area contributed by atoms with Crippen molar-refractivity contribution in [2.24, 2.45) is 5.92 Å². The second kappa shape index (κ2) is 13.7. The Morgan fingerprint density at radius 2 is 1.64 bits per heavy atom. The Kier molecular flexibility index (Phi) is 10.3. The number of hydrogen-bond acceptors (Lipinski definition) is 7. The van der Waals surface area contributed by atoms with E-state index in [1.807, 2.05) is 4.90 Å². The van der Waals surface area contributed by atoms with Crippen LogP contribution in [0.1, 0.15) is 53.0 Å². The summed E-state index contributed by atoms with van der Waals surface area (Å²) in [5.74, 6) is -4.44. The van der Waals surface area contributed by atoms with Gasteiger partial charge in [-0.3, -0.25) is 24.2 Å². The zero-order chi connectivity index (χ0) is 34.8. The number of nitrogens with one attached hydrogen (secondary N) is 1. The summed E-state index contributed by atoms with van der Waals surface area (Å²) in [7, 11) is 4.85. The highest BCUT2D eigenvalue weighted by molar-refractivity contribution is 6.17. The summed E-state index contributed by atoms with van der Waals surface area (Å²) >= 11 is 0. The minimum absolute atomic E-state index is 0.00707. The molecule has 0 bridgehead atoms. The summed E-state index contributed by atoms with van der Waals surface area (Å²) in [6.07, 6.45) is -4.72. The number of methoxy groups -OCH3 is 1. The number of rotatable bonds is 9. The maximum Gasteiger partial charge on any atom is 0.416 e. The molecule has 0 aliphatic carbocycles. The number of hydrogen-bond donors (Lipinski definition) is 1. The largest absolute Gasteiger partial charge is 0.465 e. The van der Waals surface area contributed by atoms with Gasteiger partial charge in [-0.15, -0.1) is 0 Å². The first-order chi connectivity index (χ1) is 22.0. The second-order valence-electron chi connectivity index (χ2n) is 12.2. The monoisotopic (exact) mass is 663 g/mol. The van der Waals surface area contributed by atoms with E-state index >= 15 is 0 Å². The average Bonchev–Trinajstić information content (AvgIpc) is 3.22. The number of likely N-dealkylation sites (tertiary alicyclic amines) is 1. The molecule has 2 saturated heterocycles. The van der Waals surface area contributed by atoms with Gasteiger partial charge >= 0.3 is 18.2 Å². The highest BCUT2D eigenvalue weighted by Crippen LogP contribution is 2.41. The molecule has 2 fully saturated rings. The van der Waals surface area contributed by atoms with E-state index in [-0.39, 0.29) is 38.0 Å². The lowest BCUT2D eigenvalue weighted by Gasteiger charge is -2.43. The molecule has 2 aromatic rings. The van der Waals surface area contributed by atoms with Crippen LogP contribution < -0.4 is 10.2 Å². The minimum Gasteiger partial charge on any atom is -0.465 e. The van der Waals surface area contributed by atoms with Gasteiger partial charge in [-0.25, -0.2) is 14.0 Å². The highest BCUT2D eigenvalue weighted by atomic mass is 19.4. The number of halogens is 4. The van der Waals surface area contributed by atoms with Crippen LogP contribution in [-0.4, -0.2) is 103 Å². The molecular formula is C32H37F4N5O6. The number of benzene rings is 2. The van der Waals surface area contributed by atoms with E-state index in [1.165, 1.54) is 33.9 Å². The Morgan fingerprint density at radius 1 is 1.02 bits per heavy atom. The minimum atomic E-state index is -4.81. The summed E-state index contributed by atoms with van der Waals surface area (Å²) in [5.41, 5.74) is -2.78. The molecule has 0 unspecified atom stereocenters. The number of carbonyl (C=O) groups is 5. The molecule has 4 rings (SSSR count). The number of alkyl halides is 3. The fraction of sp³-hybridized carbons (Fsp3) is 0.469. The average molecular weight is 664 g/mol. The molecule has 15 heteroatoms. The number of imide groups is 1. The van der Waals surface area contributed by atoms with Crippen molar-refractivity contribution in [2.75, 3.05) is 52.3 Å². The topological polar surface area (TPSA) is 120 Å². The Balaban J connectivity index is 1.57. The van der Waals surface area contributed by atoms with Crippen molar-refractivity contribution in [1.82, 2.24) is 20.0 Å². The molecule has 47 heavy (non-hydrogen) atoms. The number of urea groups is 1. The quantitative estimate of drug-likeness (QED) is 0.247. The van der Waals surface area contributed by atoms with E-state index in [9.17, 15) is 41.5 Å². The molecule has 5 amide bonds. The van der Waals surface area contributed by atoms with Crippen LogP contribution >= 0.6 is 0 Å². The Labute approximate surface area is 269 Å². The van der Waals surface area contributed by atoms with Gasteiger partial charge in [0.25, 0.3) is 11.8 Å². The smallest absolute Gasteiger partial charge is 0.416 e. The molecule has 2 aromatic carbocycles. The molecular weight excluding hydrogens is 626 g/mol. The molecule has 0 aromatic heterocycles. The van der Waals surface area contributed by atoms with Crippen LogP contribution in [0.4, 0.5) is 28.0 Å². The maximum absolute atomic E-state index is 14.4. The SMILES string of the molecule is COC(=O)c1ccc(N2C(=O)N(CCN(C)C)C(=O)C23CCN(C(=O)[C@H](NC(=O)c2cc(C(F)(F)F)ccc2F)C(C)C)CC3)cc1. The van der Waals surface area contributed by atoms with Crippen molar-refractivity contribution in [3.8, 4) is 0 Å². The zero-order valence-electron chi connectivity index (χ0n) is 26.7. The van der Waals surface area contributed by atoms with Crippen molar-refractivity contribution in [3.05, 3.63) is 65.0 Å². The molecule has 11 nitrogen and oxygen atoms in total. The summed E-state index contributed by atoms with van der Waals surface area (Å²) in [5, 5.41) is 2.39. The van der Waals surface area contributed by atoms with Crippen molar-refractivity contribution in [1.29, 1.82) is 0 Å². The number of amides is 5. The molecule has 1 N–H and O–H groups in total. The summed E-state index contributed by atoms with van der Waals surface area (Å²) < 4.78 is 58.8. The number of ether oxygens (including phenoxy) is 1. The number of nitrogens with zero attached hydrogens (tertiary/aromatic N) is 4. The van der Waals surface area contributed by atoms with Gasteiger partial charge in [0, 0.05) is 31.9 Å². The Hall–Kier alpha value is -4.53. The van der Waals surface area contributed by atoms with Gasteiger partial charge in [0.2, 0.25) is 5.91 Å². The molecule has 0 radical (unpaired) electrons. The van der Waals surface area contributed by atoms with E-state index in [0.717, 1.165) is 0 Å². The standard InChI is InChI=1S/C32H37F4N5O6/c1-19(2)25(37-26(42)23-18-21(32(34,35)36)8-11-24(23)33)27(43)39-14-12-31(13-15-39)29(45)40(17-16-38(3)4)30(46)41(31)22-9-6-20(7-10-22)28(44)47-5/h6-11,18-19,25H,12-17H2,1-5H3,(H,37,42)/t25-/m1/s1. The van der Waals surface area contributed by atoms with Gasteiger partial charge in [0.15, 0.2) is 0 Å². The van der Waals surface area contributed by atoms with Gasteiger partial charge in [0.1, 0.15) is 17.4 Å². The lowest BCUT2D eigenvalue weighted by molar-refractivity contribution is -0.139. The molecule has 2 aliphatic heterocycles. The molecule has 1 atom stereocenters. The van der Waals surface area contributed by atoms with Crippen LogP contribution in [0.25, 0.3) is 0 Å². The third-order valence-electron chi connectivity index (χ3n) is 8.47. The predicted octanol–water partition coefficient (Wildman–Crippen LogP) is 3.78. The molecule has 2 heterocycles. The van der Waals surface area contributed by atoms with E-state index < -0.39 is 70.3 Å². The van der Waals surface area contributed by atoms with Crippen molar-refractivity contribution >= 4 is 35.4 Å². The van der Waals surface area contributed by atoms with Crippen LogP contribution in [0.2, 0.25) is 0 Å². The van der Waals surface area contributed by atoms with Gasteiger partial charge in [0.05, 0.1) is 23.8 Å². The third-order valence-corrected chi connectivity index (χ3v) is 8.47. The van der Waals surface area contributed by atoms with Crippen LogP contribution in [0, 0.1) is 11.7 Å². The maximum atomic E-state index is 14.4. The zero-order valence-corrected chi connectivity index (χ0v) is 26.7. The van der Waals surface area contributed by atoms with Crippen LogP contribution in [0.15, 0.2) is 42.5 Å². The van der Waals surface area contributed by atoms with Gasteiger partial charge in [-0.2, -0.15) is 13.2 Å². The lowest BCUT2D eigenvalue weighted by Crippen LogP contribution is -2.60. The van der Waals surface area contributed by atoms with Gasteiger partial charge in [-0.05, 0) is 75.3 Å². The van der Waals surface area contributed by atoms with Crippen LogP contribution in [0.3, 0.4) is 0 Å². The fourth-order valence-corrected chi connectivity index (χ4v) is 5.80. The van der Waals surface area contributed by atoms with Gasteiger partial charge < -0.3 is 19.9 Å². The predicted molar refractivity (Wildman–Crippen MR) is 162 cm³/mol. The van der Waals surface area contributed by atoms with E-state index in [4.69, 9.17) is 4.74 Å². The summed E-state index contributed by atoms with van der Waals surface area (Å²) in [6, 6.07) is 5.76. The highest BCUT2D eigenvalue weighted by Gasteiger charge is 2.59. The Morgan fingerprint density at radius 3 is 2.17 bits per heavy atom. The van der Waals surface area contributed by atoms with Crippen molar-refractivity contribution in [2.45, 2.75) is 44.4 Å². The lowest BCUT2D eigenvalue weighted by atomic mass is 9.84.